The number of halogens is 2. The van der Waals surface area contributed by atoms with Gasteiger partial charge in [0.2, 0.25) is 0 Å². The van der Waals surface area contributed by atoms with Gasteiger partial charge in [-0.05, 0) is 59.6 Å². The van der Waals surface area contributed by atoms with E-state index in [1.807, 2.05) is 29.5 Å². The maximum atomic E-state index is 6.09. The molecule has 0 saturated carbocycles. The van der Waals surface area contributed by atoms with Gasteiger partial charge in [-0.2, -0.15) is 0 Å². The lowest BCUT2D eigenvalue weighted by molar-refractivity contribution is 0.908. The molecule has 0 aliphatic rings. The molecular formula is C14H15BrClNS. The second-order valence-electron chi connectivity index (χ2n) is 4.15. The van der Waals surface area contributed by atoms with E-state index in [1.165, 1.54) is 9.75 Å². The Hall–Kier alpha value is -0.510. The summed E-state index contributed by atoms with van der Waals surface area (Å²) in [5, 5.41) is 4.20. The zero-order valence-electron chi connectivity index (χ0n) is 10.3. The van der Waals surface area contributed by atoms with Gasteiger partial charge in [0.15, 0.2) is 0 Å². The van der Waals surface area contributed by atoms with Crippen molar-refractivity contribution in [2.45, 2.75) is 26.3 Å². The molecule has 2 aromatic rings. The molecule has 1 aromatic carbocycles. The standard InChI is InChI=1S/C14H15BrClNS/c1-3-11-5-7-14(18-11)9(2)17-10-4-6-12(15)13(16)8-10/h4-9,17H,3H2,1-2H3. The number of thiophene rings is 1. The van der Waals surface area contributed by atoms with Crippen LogP contribution in [-0.4, -0.2) is 0 Å². The second kappa shape index (κ2) is 6.09. The Labute approximate surface area is 125 Å². The number of hydrogen-bond acceptors (Lipinski definition) is 2. The molecule has 4 heteroatoms. The maximum Gasteiger partial charge on any atom is 0.0578 e. The van der Waals surface area contributed by atoms with Crippen LogP contribution in [0.1, 0.15) is 29.6 Å². The molecule has 0 aliphatic heterocycles. The van der Waals surface area contributed by atoms with Gasteiger partial charge in [-0.3, -0.25) is 0 Å². The molecule has 0 radical (unpaired) electrons. The number of benzene rings is 1. The topological polar surface area (TPSA) is 12.0 Å². The largest absolute Gasteiger partial charge is 0.378 e. The lowest BCUT2D eigenvalue weighted by Crippen LogP contribution is -2.04. The third-order valence-corrected chi connectivity index (χ3v) is 5.41. The molecule has 0 aliphatic carbocycles. The molecule has 1 unspecified atom stereocenters. The molecule has 1 N–H and O–H groups in total. The van der Waals surface area contributed by atoms with Gasteiger partial charge in [0.1, 0.15) is 0 Å². The van der Waals surface area contributed by atoms with Crippen LogP contribution in [0, 0.1) is 0 Å². The highest BCUT2D eigenvalue weighted by Crippen LogP contribution is 2.30. The first kappa shape index (κ1) is 13.9. The van der Waals surface area contributed by atoms with E-state index >= 15 is 0 Å². The van der Waals surface area contributed by atoms with Crippen LogP contribution >= 0.6 is 38.9 Å². The fraction of sp³-hybridized carbons (Fsp3) is 0.286. The van der Waals surface area contributed by atoms with Crippen LogP contribution in [0.2, 0.25) is 5.02 Å². The summed E-state index contributed by atoms with van der Waals surface area (Å²) in [6.45, 7) is 4.35. The SMILES string of the molecule is CCc1ccc(C(C)Nc2ccc(Br)c(Cl)c2)s1. The molecule has 1 atom stereocenters. The minimum atomic E-state index is 0.299. The number of aryl methyl sites for hydroxylation is 1. The van der Waals surface area contributed by atoms with Gasteiger partial charge in [0.05, 0.1) is 11.1 Å². The van der Waals surface area contributed by atoms with Gasteiger partial charge < -0.3 is 5.32 Å². The minimum Gasteiger partial charge on any atom is -0.378 e. The molecule has 18 heavy (non-hydrogen) atoms. The summed E-state index contributed by atoms with van der Waals surface area (Å²) < 4.78 is 0.923. The van der Waals surface area contributed by atoms with Crippen LogP contribution in [0.4, 0.5) is 5.69 Å². The molecule has 2 rings (SSSR count). The summed E-state index contributed by atoms with van der Waals surface area (Å²) in [5.41, 5.74) is 1.04. The molecule has 0 bridgehead atoms. The van der Waals surface area contributed by atoms with E-state index in [9.17, 15) is 0 Å². The summed E-state index contributed by atoms with van der Waals surface area (Å²) in [5.74, 6) is 0. The third-order valence-electron chi connectivity index (χ3n) is 2.76. The quantitative estimate of drug-likeness (QED) is 0.728. The van der Waals surface area contributed by atoms with Crippen molar-refractivity contribution in [2.24, 2.45) is 0 Å². The Balaban J connectivity index is 2.10. The average Bonchev–Trinajstić information content (AvgIpc) is 2.82. The number of rotatable bonds is 4. The second-order valence-corrected chi connectivity index (χ2v) is 6.61. The van der Waals surface area contributed by atoms with Crippen LogP contribution in [0.25, 0.3) is 0 Å². The zero-order chi connectivity index (χ0) is 13.1. The van der Waals surface area contributed by atoms with Crippen molar-refractivity contribution in [3.63, 3.8) is 0 Å². The number of nitrogens with one attached hydrogen (secondary N) is 1. The Morgan fingerprint density at radius 1 is 1.33 bits per heavy atom. The van der Waals surface area contributed by atoms with E-state index in [2.05, 4.69) is 47.2 Å². The van der Waals surface area contributed by atoms with Crippen molar-refractivity contribution in [1.82, 2.24) is 0 Å². The third kappa shape index (κ3) is 3.28. The molecule has 0 saturated heterocycles. The van der Waals surface area contributed by atoms with Crippen molar-refractivity contribution in [1.29, 1.82) is 0 Å². The molecule has 0 fully saturated rings. The van der Waals surface area contributed by atoms with Gasteiger partial charge in [0, 0.05) is 19.9 Å². The van der Waals surface area contributed by atoms with Crippen LogP contribution < -0.4 is 5.32 Å². The van der Waals surface area contributed by atoms with Crippen molar-refractivity contribution in [3.05, 3.63) is 49.6 Å². The molecule has 1 aromatic heterocycles. The summed E-state index contributed by atoms with van der Waals surface area (Å²) in [6.07, 6.45) is 1.10. The van der Waals surface area contributed by atoms with Crippen LogP contribution in [0.5, 0.6) is 0 Å². The fourth-order valence-electron chi connectivity index (χ4n) is 1.72. The smallest absolute Gasteiger partial charge is 0.0578 e. The molecule has 0 spiro atoms. The van der Waals surface area contributed by atoms with Crippen molar-refractivity contribution in [2.75, 3.05) is 5.32 Å². The van der Waals surface area contributed by atoms with Gasteiger partial charge in [-0.15, -0.1) is 11.3 Å². The van der Waals surface area contributed by atoms with E-state index in [4.69, 9.17) is 11.6 Å². The van der Waals surface area contributed by atoms with E-state index in [-0.39, 0.29) is 0 Å². The normalized spacial score (nSPS) is 12.4. The first-order valence-corrected chi connectivity index (χ1v) is 7.89. The first-order valence-electron chi connectivity index (χ1n) is 5.90. The van der Waals surface area contributed by atoms with E-state index in [1.54, 1.807) is 0 Å². The molecule has 0 amide bonds. The lowest BCUT2D eigenvalue weighted by atomic mass is 10.2. The maximum absolute atomic E-state index is 6.09. The Morgan fingerprint density at radius 2 is 2.11 bits per heavy atom. The van der Waals surface area contributed by atoms with E-state index < -0.39 is 0 Å². The summed E-state index contributed by atoms with van der Waals surface area (Å²) in [4.78, 5) is 2.78. The summed E-state index contributed by atoms with van der Waals surface area (Å²) in [6, 6.07) is 10.6. The van der Waals surface area contributed by atoms with Crippen molar-refractivity contribution < 1.29 is 0 Å². The van der Waals surface area contributed by atoms with Gasteiger partial charge >= 0.3 is 0 Å². The van der Waals surface area contributed by atoms with Gasteiger partial charge in [-0.1, -0.05) is 18.5 Å². The lowest BCUT2D eigenvalue weighted by Gasteiger charge is -2.14. The molecule has 1 heterocycles. The van der Waals surface area contributed by atoms with Gasteiger partial charge in [0.25, 0.3) is 0 Å². The van der Waals surface area contributed by atoms with Crippen LogP contribution in [0.15, 0.2) is 34.8 Å². The Kier molecular flexibility index (Phi) is 4.71. The predicted molar refractivity (Wildman–Crippen MR) is 84.9 cm³/mol. The monoisotopic (exact) mass is 343 g/mol. The van der Waals surface area contributed by atoms with Crippen LogP contribution in [-0.2, 0) is 6.42 Å². The van der Waals surface area contributed by atoms with Gasteiger partial charge in [-0.25, -0.2) is 0 Å². The highest BCUT2D eigenvalue weighted by atomic mass is 79.9. The highest BCUT2D eigenvalue weighted by Gasteiger charge is 2.09. The summed E-state index contributed by atoms with van der Waals surface area (Å²) >= 11 is 11.3. The number of hydrogen-bond donors (Lipinski definition) is 1. The van der Waals surface area contributed by atoms with Crippen molar-refractivity contribution >= 4 is 44.6 Å². The minimum absolute atomic E-state index is 0.299. The Morgan fingerprint density at radius 3 is 2.72 bits per heavy atom. The van der Waals surface area contributed by atoms with Crippen molar-refractivity contribution in [3.8, 4) is 0 Å². The van der Waals surface area contributed by atoms with E-state index in [0.29, 0.717) is 6.04 Å². The van der Waals surface area contributed by atoms with Crippen LogP contribution in [0.3, 0.4) is 0 Å². The fourth-order valence-corrected chi connectivity index (χ4v) is 3.11. The number of anilines is 1. The Bertz CT molecular complexity index is 538. The predicted octanol–water partition coefficient (Wildman–Crippen LogP) is 5.90. The zero-order valence-corrected chi connectivity index (χ0v) is 13.5. The first-order chi connectivity index (χ1) is 8.60. The molecule has 96 valence electrons. The molecule has 1 nitrogen and oxygen atoms in total. The average molecular weight is 345 g/mol. The summed E-state index contributed by atoms with van der Waals surface area (Å²) in [7, 11) is 0. The van der Waals surface area contributed by atoms with E-state index in [0.717, 1.165) is 21.6 Å². The molecular weight excluding hydrogens is 330 g/mol. The highest BCUT2D eigenvalue weighted by molar-refractivity contribution is 9.10.